The number of hydrogen-bond donors (Lipinski definition) is 0. The highest BCUT2D eigenvalue weighted by Gasteiger charge is 2.09. The van der Waals surface area contributed by atoms with E-state index in [-0.39, 0.29) is 37.7 Å². The monoisotopic (exact) mass is 634 g/mol. The molecule has 0 amide bonds. The Hall–Kier alpha value is -4.97. The molecule has 0 aliphatic rings. The summed E-state index contributed by atoms with van der Waals surface area (Å²) in [5.74, 6) is -0.990. The Morgan fingerprint density at radius 2 is 0.872 bits per heavy atom. The smallest absolute Gasteiger partial charge is 0.338 e. The van der Waals surface area contributed by atoms with Gasteiger partial charge in [0.05, 0.1) is 16.7 Å². The van der Waals surface area contributed by atoms with Gasteiger partial charge in [0.15, 0.2) is 0 Å². The minimum absolute atomic E-state index is 0.225. The van der Waals surface area contributed by atoms with E-state index in [1.165, 1.54) is 5.57 Å². The van der Waals surface area contributed by atoms with Crippen molar-refractivity contribution in [3.05, 3.63) is 154 Å². The van der Waals surface area contributed by atoms with Crippen LogP contribution in [0.1, 0.15) is 90.4 Å². The first-order valence-electron chi connectivity index (χ1n) is 16.1. The van der Waals surface area contributed by atoms with Crippen molar-refractivity contribution in [1.82, 2.24) is 0 Å². The van der Waals surface area contributed by atoms with Crippen LogP contribution in [0.3, 0.4) is 0 Å². The molecule has 3 aromatic rings. The molecule has 0 unspecified atom stereocenters. The van der Waals surface area contributed by atoms with Gasteiger partial charge >= 0.3 is 17.9 Å². The molecule has 6 heteroatoms. The zero-order valence-electron chi connectivity index (χ0n) is 27.8. The van der Waals surface area contributed by atoms with Crippen LogP contribution in [-0.4, -0.2) is 37.7 Å². The number of hydrogen-bond acceptors (Lipinski definition) is 6. The molecule has 0 saturated heterocycles. The first-order chi connectivity index (χ1) is 22.8. The predicted octanol–water partition coefficient (Wildman–Crippen LogP) is 9.66. The lowest BCUT2D eigenvalue weighted by molar-refractivity contribution is 0.0529. The second-order valence-corrected chi connectivity index (χ2v) is 11.5. The first-order valence-corrected chi connectivity index (χ1v) is 16.1. The number of benzene rings is 3. The maximum Gasteiger partial charge on any atom is 0.338 e. The van der Waals surface area contributed by atoms with Crippen molar-refractivity contribution in [3.8, 4) is 0 Å². The highest BCUT2D eigenvalue weighted by atomic mass is 16.5. The van der Waals surface area contributed by atoms with Crippen LogP contribution in [0.25, 0.3) is 0 Å². The summed E-state index contributed by atoms with van der Waals surface area (Å²) in [5, 5.41) is 0. The molecule has 0 atom stereocenters. The lowest BCUT2D eigenvalue weighted by Gasteiger charge is -2.10. The quantitative estimate of drug-likeness (QED) is 0.0788. The molecule has 0 bridgehead atoms. The molecule has 0 heterocycles. The van der Waals surface area contributed by atoms with Crippen LogP contribution in [-0.2, 0) is 14.2 Å². The topological polar surface area (TPSA) is 78.9 Å². The van der Waals surface area contributed by atoms with Gasteiger partial charge in [-0.2, -0.15) is 0 Å². The molecule has 0 N–H and O–H groups in total. The fraction of sp³-hybridized carbons (Fsp3) is 0.293. The lowest BCUT2D eigenvalue weighted by Crippen LogP contribution is -2.08. The van der Waals surface area contributed by atoms with Crippen LogP contribution in [0, 0.1) is 0 Å². The van der Waals surface area contributed by atoms with Crippen molar-refractivity contribution in [2.45, 2.75) is 59.3 Å². The summed E-state index contributed by atoms with van der Waals surface area (Å²) in [6.45, 7) is 6.86. The van der Waals surface area contributed by atoms with E-state index in [0.29, 0.717) is 16.7 Å². The van der Waals surface area contributed by atoms with E-state index < -0.39 is 0 Å². The highest BCUT2D eigenvalue weighted by Crippen LogP contribution is 2.16. The summed E-state index contributed by atoms with van der Waals surface area (Å²) < 4.78 is 16.4. The summed E-state index contributed by atoms with van der Waals surface area (Å²) in [4.78, 5) is 36.9. The maximum atomic E-state index is 12.6. The van der Waals surface area contributed by atoms with E-state index in [0.717, 1.165) is 55.2 Å². The number of carbonyl (C=O) groups is 3. The summed E-state index contributed by atoms with van der Waals surface area (Å²) >= 11 is 0. The van der Waals surface area contributed by atoms with Crippen molar-refractivity contribution in [3.63, 3.8) is 0 Å². The Morgan fingerprint density at radius 3 is 1.40 bits per heavy atom. The highest BCUT2D eigenvalue weighted by molar-refractivity contribution is 5.90. The minimum atomic E-state index is -0.337. The molecule has 6 nitrogen and oxygen atoms in total. The molecule has 0 radical (unpaired) electrons. The third-order valence-electron chi connectivity index (χ3n) is 7.46. The molecule has 246 valence electrons. The summed E-state index contributed by atoms with van der Waals surface area (Å²) in [6, 6.07) is 27.0. The number of esters is 3. The van der Waals surface area contributed by atoms with E-state index in [4.69, 9.17) is 14.2 Å². The number of rotatable bonds is 18. The second kappa shape index (κ2) is 20.9. The fourth-order valence-electron chi connectivity index (χ4n) is 4.62. The zero-order chi connectivity index (χ0) is 33.7. The Labute approximate surface area is 279 Å². The summed E-state index contributed by atoms with van der Waals surface area (Å²) in [6.07, 6.45) is 13.4. The third-order valence-corrected chi connectivity index (χ3v) is 7.46. The minimum Gasteiger partial charge on any atom is -0.458 e. The molecule has 0 spiro atoms. The zero-order valence-corrected chi connectivity index (χ0v) is 27.8. The number of ether oxygens (including phenoxy) is 3. The number of allylic oxidation sites excluding steroid dienone is 5. The van der Waals surface area contributed by atoms with E-state index in [1.807, 2.05) is 74.5 Å². The Kier molecular flexibility index (Phi) is 16.3. The van der Waals surface area contributed by atoms with Gasteiger partial charge in [0.2, 0.25) is 0 Å². The van der Waals surface area contributed by atoms with Gasteiger partial charge in [-0.25, -0.2) is 14.4 Å². The van der Waals surface area contributed by atoms with Crippen LogP contribution < -0.4 is 0 Å². The normalized spacial score (nSPS) is 12.4. The van der Waals surface area contributed by atoms with Crippen LogP contribution >= 0.6 is 0 Å². The van der Waals surface area contributed by atoms with Crippen LogP contribution in [0.15, 0.2) is 138 Å². The van der Waals surface area contributed by atoms with Gasteiger partial charge in [0, 0.05) is 0 Å². The van der Waals surface area contributed by atoms with E-state index in [9.17, 15) is 14.4 Å². The Morgan fingerprint density at radius 1 is 0.468 bits per heavy atom. The molecular weight excluding hydrogens is 588 g/mol. The Bertz CT molecular complexity index is 1530. The molecule has 0 aliphatic heterocycles. The van der Waals surface area contributed by atoms with Gasteiger partial charge < -0.3 is 14.2 Å². The van der Waals surface area contributed by atoms with Gasteiger partial charge in [0.1, 0.15) is 19.8 Å². The average Bonchev–Trinajstić information content (AvgIpc) is 3.10. The third kappa shape index (κ3) is 14.8. The molecular formula is C41H46O6. The van der Waals surface area contributed by atoms with Gasteiger partial charge in [-0.1, -0.05) is 84.0 Å². The van der Waals surface area contributed by atoms with E-state index >= 15 is 0 Å². The molecule has 0 fully saturated rings. The Balaban J connectivity index is 1.47. The van der Waals surface area contributed by atoms with Gasteiger partial charge in [0.25, 0.3) is 0 Å². The predicted molar refractivity (Wildman–Crippen MR) is 187 cm³/mol. The van der Waals surface area contributed by atoms with Crippen molar-refractivity contribution in [2.75, 3.05) is 19.8 Å². The van der Waals surface area contributed by atoms with E-state index in [2.05, 4.69) is 25.2 Å². The van der Waals surface area contributed by atoms with E-state index in [1.54, 1.807) is 36.4 Å². The maximum absolute atomic E-state index is 12.6. The van der Waals surface area contributed by atoms with Gasteiger partial charge in [-0.3, -0.25) is 0 Å². The van der Waals surface area contributed by atoms with Crippen molar-refractivity contribution in [1.29, 1.82) is 0 Å². The van der Waals surface area contributed by atoms with Crippen LogP contribution in [0.2, 0.25) is 0 Å². The lowest BCUT2D eigenvalue weighted by atomic mass is 10.0. The standard InChI is InChI=1S/C41H46O6/c1-32(16-13-19-34(3)30-46-40(43)37-24-9-5-10-25-37)17-14-20-35(31-47-41(44)38-26-11-6-12-27-38)21-15-18-33(2)28-29-45-39(42)36-22-7-4-8-23-36/h4-12,17,19,21-28H,13-16,18,20,29-31H2,1-3H3/b32-17+,33-28+,34-19-,35-21-. The van der Waals surface area contributed by atoms with Crippen molar-refractivity contribution >= 4 is 17.9 Å². The van der Waals surface area contributed by atoms with Crippen molar-refractivity contribution in [2.24, 2.45) is 0 Å². The average molecular weight is 635 g/mol. The molecule has 0 saturated carbocycles. The van der Waals surface area contributed by atoms with Gasteiger partial charge in [-0.15, -0.1) is 0 Å². The first kappa shape index (κ1) is 36.5. The molecule has 0 aromatic heterocycles. The fourth-order valence-corrected chi connectivity index (χ4v) is 4.62. The molecule has 3 aromatic carbocycles. The SMILES string of the molecule is C/C(=C/CC/C(C)=C/CC/C(=C/CC/C(C)=C/COC(=O)c1ccccc1)COC(=O)c1ccccc1)COC(=O)c1ccccc1. The van der Waals surface area contributed by atoms with Gasteiger partial charge in [-0.05, 0) is 113 Å². The molecule has 47 heavy (non-hydrogen) atoms. The number of carbonyl (C=O) groups excluding carboxylic acids is 3. The molecule has 0 aliphatic carbocycles. The molecule has 3 rings (SSSR count). The van der Waals surface area contributed by atoms with Crippen LogP contribution in [0.4, 0.5) is 0 Å². The second-order valence-electron chi connectivity index (χ2n) is 11.5. The largest absolute Gasteiger partial charge is 0.458 e. The summed E-state index contributed by atoms with van der Waals surface area (Å²) in [7, 11) is 0. The van der Waals surface area contributed by atoms with Crippen LogP contribution in [0.5, 0.6) is 0 Å². The summed E-state index contributed by atoms with van der Waals surface area (Å²) in [5.41, 5.74) is 6.11. The van der Waals surface area contributed by atoms with Crippen molar-refractivity contribution < 1.29 is 28.6 Å².